The van der Waals surface area contributed by atoms with Gasteiger partial charge in [-0.2, -0.15) is 0 Å². The van der Waals surface area contributed by atoms with Gasteiger partial charge in [-0.25, -0.2) is 0 Å². The van der Waals surface area contributed by atoms with E-state index in [0.717, 1.165) is 22.3 Å². The molecule has 0 aliphatic carbocycles. The summed E-state index contributed by atoms with van der Waals surface area (Å²) in [6.45, 7) is 7.26. The van der Waals surface area contributed by atoms with E-state index in [1.165, 1.54) is 6.92 Å². The number of hydrogen-bond acceptors (Lipinski definition) is 4. The van der Waals surface area contributed by atoms with Crippen molar-refractivity contribution in [2.75, 3.05) is 7.11 Å². The van der Waals surface area contributed by atoms with E-state index in [1.54, 1.807) is 19.2 Å². The van der Waals surface area contributed by atoms with Crippen molar-refractivity contribution < 1.29 is 19.1 Å². The topological polar surface area (TPSA) is 64.6 Å². The van der Waals surface area contributed by atoms with E-state index >= 15 is 0 Å². The van der Waals surface area contributed by atoms with Crippen LogP contribution in [0.2, 0.25) is 0 Å². The second-order valence-electron chi connectivity index (χ2n) is 6.43. The molecule has 0 aliphatic heterocycles. The van der Waals surface area contributed by atoms with Gasteiger partial charge in [0.25, 0.3) is 0 Å². The average Bonchev–Trinajstić information content (AvgIpc) is 2.57. The number of amides is 1. The van der Waals surface area contributed by atoms with E-state index in [0.29, 0.717) is 11.5 Å². The molecule has 0 aliphatic rings. The minimum absolute atomic E-state index is 0.0403. The zero-order chi connectivity index (χ0) is 19.3. The number of nitrogens with one attached hydrogen (secondary N) is 1. The Balaban J connectivity index is 2.17. The molecule has 138 valence electrons. The summed E-state index contributed by atoms with van der Waals surface area (Å²) in [6.07, 6.45) is 0.0403. The van der Waals surface area contributed by atoms with E-state index in [2.05, 4.69) is 5.32 Å². The number of carbonyl (C=O) groups excluding carboxylic acids is 2. The molecule has 1 amide bonds. The minimum Gasteiger partial charge on any atom is -0.497 e. The fourth-order valence-corrected chi connectivity index (χ4v) is 2.98. The monoisotopic (exact) mass is 355 g/mol. The lowest BCUT2D eigenvalue weighted by Crippen LogP contribution is -2.29. The summed E-state index contributed by atoms with van der Waals surface area (Å²) in [5.41, 5.74) is 3.76. The van der Waals surface area contributed by atoms with Gasteiger partial charge in [0.1, 0.15) is 11.5 Å². The van der Waals surface area contributed by atoms with Crippen LogP contribution < -0.4 is 14.8 Å². The van der Waals surface area contributed by atoms with Crippen molar-refractivity contribution in [1.82, 2.24) is 5.32 Å². The first kappa shape index (κ1) is 19.5. The maximum Gasteiger partial charge on any atom is 0.313 e. The molecule has 0 heterocycles. The Hall–Kier alpha value is -2.82. The van der Waals surface area contributed by atoms with Crippen molar-refractivity contribution in [3.05, 3.63) is 58.7 Å². The lowest BCUT2D eigenvalue weighted by molar-refractivity contribution is -0.135. The van der Waals surface area contributed by atoms with Gasteiger partial charge in [0, 0.05) is 6.92 Å². The first-order chi connectivity index (χ1) is 12.3. The molecule has 0 saturated heterocycles. The molecule has 2 aromatic carbocycles. The van der Waals surface area contributed by atoms with Crippen molar-refractivity contribution in [3.63, 3.8) is 0 Å². The third-order valence-electron chi connectivity index (χ3n) is 4.09. The number of ether oxygens (including phenoxy) is 2. The number of esters is 1. The molecule has 5 heteroatoms. The Morgan fingerprint density at radius 1 is 1.04 bits per heavy atom. The lowest BCUT2D eigenvalue weighted by Gasteiger charge is -2.19. The molecule has 0 spiro atoms. The quantitative estimate of drug-likeness (QED) is 0.632. The number of methoxy groups -OCH3 is 1. The predicted molar refractivity (Wildman–Crippen MR) is 100 cm³/mol. The van der Waals surface area contributed by atoms with Crippen LogP contribution in [0.15, 0.2) is 36.4 Å². The number of rotatable bonds is 6. The van der Waals surface area contributed by atoms with E-state index in [1.807, 2.05) is 45.0 Å². The van der Waals surface area contributed by atoms with Crippen molar-refractivity contribution in [3.8, 4) is 11.5 Å². The fourth-order valence-electron chi connectivity index (χ4n) is 2.98. The molecule has 1 unspecified atom stereocenters. The molecular formula is C21H25NO4. The van der Waals surface area contributed by atoms with Crippen LogP contribution in [0.5, 0.6) is 11.5 Å². The largest absolute Gasteiger partial charge is 0.497 e. The van der Waals surface area contributed by atoms with E-state index in [-0.39, 0.29) is 12.3 Å². The highest BCUT2D eigenvalue weighted by molar-refractivity contribution is 5.77. The Morgan fingerprint density at radius 2 is 1.62 bits per heavy atom. The van der Waals surface area contributed by atoms with Crippen molar-refractivity contribution in [2.45, 2.75) is 40.2 Å². The van der Waals surface area contributed by atoms with Crippen LogP contribution in [0.4, 0.5) is 0 Å². The summed E-state index contributed by atoms with van der Waals surface area (Å²) in [6, 6.07) is 10.7. The summed E-state index contributed by atoms with van der Waals surface area (Å²) in [5.74, 6) is 0.691. The fraction of sp³-hybridized carbons (Fsp3) is 0.333. The molecular weight excluding hydrogens is 330 g/mol. The molecule has 1 atom stereocenters. The van der Waals surface area contributed by atoms with Gasteiger partial charge >= 0.3 is 5.97 Å². The number of hydrogen-bond donors (Lipinski definition) is 1. The molecule has 1 N–H and O–H groups in total. The van der Waals surface area contributed by atoms with Crippen LogP contribution in [-0.2, 0) is 9.59 Å². The first-order valence-corrected chi connectivity index (χ1v) is 8.49. The normalized spacial score (nSPS) is 11.6. The second-order valence-corrected chi connectivity index (χ2v) is 6.43. The molecule has 0 saturated carbocycles. The first-order valence-electron chi connectivity index (χ1n) is 8.49. The summed E-state index contributed by atoms with van der Waals surface area (Å²) in [4.78, 5) is 24.0. The van der Waals surface area contributed by atoms with Gasteiger partial charge in [-0.15, -0.1) is 0 Å². The van der Waals surface area contributed by atoms with E-state index < -0.39 is 12.0 Å². The molecule has 0 aromatic heterocycles. The predicted octanol–water partition coefficient (Wildman–Crippen LogP) is 3.79. The lowest BCUT2D eigenvalue weighted by atomic mass is 10.0. The highest BCUT2D eigenvalue weighted by Crippen LogP contribution is 2.26. The van der Waals surface area contributed by atoms with Crippen LogP contribution in [-0.4, -0.2) is 19.0 Å². The van der Waals surface area contributed by atoms with E-state index in [4.69, 9.17) is 9.47 Å². The molecule has 5 nitrogen and oxygen atoms in total. The van der Waals surface area contributed by atoms with Gasteiger partial charge in [-0.3, -0.25) is 9.59 Å². The third kappa shape index (κ3) is 5.09. The SMILES string of the molecule is COc1ccc(C(CC(=O)Oc2c(C)cc(C)cc2C)NC(C)=O)cc1. The van der Waals surface area contributed by atoms with Crippen LogP contribution >= 0.6 is 0 Å². The molecule has 0 fully saturated rings. The van der Waals surface area contributed by atoms with Crippen molar-refractivity contribution in [2.24, 2.45) is 0 Å². The molecule has 0 bridgehead atoms. The maximum atomic E-state index is 12.5. The Labute approximate surface area is 154 Å². The standard InChI is InChI=1S/C21H25NO4/c1-13-10-14(2)21(15(3)11-13)26-20(24)12-19(22-16(4)23)17-6-8-18(25-5)9-7-17/h6-11,19H,12H2,1-5H3,(H,22,23). The van der Waals surface area contributed by atoms with Crippen LogP contribution in [0.3, 0.4) is 0 Å². The maximum absolute atomic E-state index is 12.5. The summed E-state index contributed by atoms with van der Waals surface area (Å²) < 4.78 is 10.7. The number of carbonyl (C=O) groups is 2. The summed E-state index contributed by atoms with van der Waals surface area (Å²) in [7, 11) is 1.59. The molecule has 2 aromatic rings. The molecule has 2 rings (SSSR count). The smallest absolute Gasteiger partial charge is 0.313 e. The Kier molecular flexibility index (Phi) is 6.39. The van der Waals surface area contributed by atoms with Gasteiger partial charge in [0.05, 0.1) is 19.6 Å². The highest BCUT2D eigenvalue weighted by Gasteiger charge is 2.20. The highest BCUT2D eigenvalue weighted by atomic mass is 16.5. The van der Waals surface area contributed by atoms with Crippen molar-refractivity contribution in [1.29, 1.82) is 0 Å². The number of benzene rings is 2. The number of aryl methyl sites for hydroxylation is 3. The zero-order valence-corrected chi connectivity index (χ0v) is 15.9. The van der Waals surface area contributed by atoms with E-state index in [9.17, 15) is 9.59 Å². The summed E-state index contributed by atoms with van der Waals surface area (Å²) >= 11 is 0. The van der Waals surface area contributed by atoms with Crippen LogP contribution in [0, 0.1) is 20.8 Å². The Morgan fingerprint density at radius 3 is 2.12 bits per heavy atom. The van der Waals surface area contributed by atoms with Gasteiger partial charge in [0.2, 0.25) is 5.91 Å². The molecule has 0 radical (unpaired) electrons. The van der Waals surface area contributed by atoms with Gasteiger partial charge < -0.3 is 14.8 Å². The Bertz CT molecular complexity index is 773. The van der Waals surface area contributed by atoms with Crippen molar-refractivity contribution >= 4 is 11.9 Å². The average molecular weight is 355 g/mol. The zero-order valence-electron chi connectivity index (χ0n) is 15.9. The molecule has 26 heavy (non-hydrogen) atoms. The van der Waals surface area contributed by atoms with Gasteiger partial charge in [-0.05, 0) is 49.6 Å². The minimum atomic E-state index is -0.461. The van der Waals surface area contributed by atoms with Gasteiger partial charge in [0.15, 0.2) is 0 Å². The second kappa shape index (κ2) is 8.52. The third-order valence-corrected chi connectivity index (χ3v) is 4.09. The van der Waals surface area contributed by atoms with Gasteiger partial charge in [-0.1, -0.05) is 29.8 Å². The van der Waals surface area contributed by atoms with Crippen LogP contribution in [0.25, 0.3) is 0 Å². The summed E-state index contributed by atoms with van der Waals surface area (Å²) in [5, 5.41) is 2.81. The van der Waals surface area contributed by atoms with Crippen LogP contribution in [0.1, 0.15) is 41.6 Å².